The van der Waals surface area contributed by atoms with Gasteiger partial charge in [0.2, 0.25) is 5.88 Å². The summed E-state index contributed by atoms with van der Waals surface area (Å²) in [4.78, 5) is 9.68. The third kappa shape index (κ3) is 7.39. The second-order valence-corrected chi connectivity index (χ2v) is 5.89. The monoisotopic (exact) mass is 458 g/mol. The Morgan fingerprint density at radius 1 is 1.17 bits per heavy atom. The van der Waals surface area contributed by atoms with E-state index in [1.807, 2.05) is 30.0 Å². The van der Waals surface area contributed by atoms with Gasteiger partial charge in [0.05, 0.1) is 7.11 Å². The van der Waals surface area contributed by atoms with Crippen LogP contribution in [-0.4, -0.2) is 37.4 Å². The van der Waals surface area contributed by atoms with Gasteiger partial charge in [0.15, 0.2) is 5.96 Å². The van der Waals surface area contributed by atoms with Crippen molar-refractivity contribution in [2.45, 2.75) is 11.4 Å². The molecule has 0 spiro atoms. The van der Waals surface area contributed by atoms with Crippen LogP contribution in [-0.2, 0) is 6.54 Å². The average molecular weight is 458 g/mol. The predicted molar refractivity (Wildman–Crippen MR) is 112 cm³/mol. The molecule has 0 unspecified atom stereocenters. The Hall–Kier alpha value is -1.48. The number of benzene rings is 1. The van der Waals surface area contributed by atoms with Crippen molar-refractivity contribution in [1.29, 1.82) is 0 Å². The average Bonchev–Trinajstić information content (AvgIpc) is 2.62. The van der Waals surface area contributed by atoms with Crippen molar-refractivity contribution in [3.05, 3.63) is 54.2 Å². The van der Waals surface area contributed by atoms with Crippen LogP contribution in [0.5, 0.6) is 5.88 Å². The Balaban J connectivity index is 0.00000288. The Morgan fingerprint density at radius 3 is 2.58 bits per heavy atom. The van der Waals surface area contributed by atoms with Crippen LogP contribution in [0, 0.1) is 0 Å². The molecule has 0 amide bonds. The molecular formula is C17H23IN4OS. The zero-order chi connectivity index (χ0) is 16.3. The molecule has 2 N–H and O–H groups in total. The van der Waals surface area contributed by atoms with Crippen LogP contribution in [0.3, 0.4) is 0 Å². The molecule has 0 atom stereocenters. The molecule has 2 rings (SSSR count). The van der Waals surface area contributed by atoms with Gasteiger partial charge in [0.1, 0.15) is 0 Å². The van der Waals surface area contributed by atoms with Gasteiger partial charge in [-0.05, 0) is 17.7 Å². The summed E-state index contributed by atoms with van der Waals surface area (Å²) in [5, 5.41) is 6.58. The van der Waals surface area contributed by atoms with E-state index in [4.69, 9.17) is 4.74 Å². The van der Waals surface area contributed by atoms with Gasteiger partial charge in [-0.1, -0.05) is 24.3 Å². The topological polar surface area (TPSA) is 58.5 Å². The number of nitrogens with zero attached hydrogens (tertiary/aromatic N) is 2. The number of rotatable bonds is 7. The Bertz CT molecular complexity index is 608. The van der Waals surface area contributed by atoms with Crippen LogP contribution in [0.4, 0.5) is 0 Å². The van der Waals surface area contributed by atoms with E-state index in [2.05, 4.69) is 44.9 Å². The number of thioether (sulfide) groups is 1. The molecule has 5 nitrogen and oxygen atoms in total. The Kier molecular flexibility index (Phi) is 10.3. The summed E-state index contributed by atoms with van der Waals surface area (Å²) < 4.78 is 5.05. The maximum atomic E-state index is 5.05. The molecule has 0 saturated carbocycles. The fourth-order valence-electron chi connectivity index (χ4n) is 1.90. The van der Waals surface area contributed by atoms with E-state index < -0.39 is 0 Å². The second-order valence-electron chi connectivity index (χ2n) is 4.72. The maximum absolute atomic E-state index is 5.05. The van der Waals surface area contributed by atoms with Gasteiger partial charge in [-0.2, -0.15) is 0 Å². The summed E-state index contributed by atoms with van der Waals surface area (Å²) >= 11 is 1.82. The number of hydrogen-bond donors (Lipinski definition) is 2. The smallest absolute Gasteiger partial charge is 0.212 e. The SMILES string of the molecule is CN=C(NCCSc1ccccc1)NCc1ccc(OC)nc1.I. The van der Waals surface area contributed by atoms with Crippen LogP contribution in [0.1, 0.15) is 5.56 Å². The molecule has 1 aromatic heterocycles. The molecule has 0 radical (unpaired) electrons. The normalized spacial score (nSPS) is 10.7. The molecule has 0 fully saturated rings. The highest BCUT2D eigenvalue weighted by atomic mass is 127. The molecule has 0 saturated heterocycles. The molecule has 0 aliphatic carbocycles. The molecule has 7 heteroatoms. The summed E-state index contributed by atoms with van der Waals surface area (Å²) in [5.41, 5.74) is 1.08. The number of methoxy groups -OCH3 is 1. The van der Waals surface area contributed by atoms with Gasteiger partial charge in [-0.15, -0.1) is 35.7 Å². The van der Waals surface area contributed by atoms with Gasteiger partial charge in [0.25, 0.3) is 0 Å². The van der Waals surface area contributed by atoms with Crippen molar-refractivity contribution < 1.29 is 4.74 Å². The maximum Gasteiger partial charge on any atom is 0.212 e. The zero-order valence-corrected chi connectivity index (χ0v) is 17.0. The van der Waals surface area contributed by atoms with E-state index in [-0.39, 0.29) is 24.0 Å². The van der Waals surface area contributed by atoms with Crippen molar-refractivity contribution >= 4 is 41.7 Å². The number of nitrogens with one attached hydrogen (secondary N) is 2. The fourth-order valence-corrected chi connectivity index (χ4v) is 2.69. The van der Waals surface area contributed by atoms with Gasteiger partial charge >= 0.3 is 0 Å². The highest BCUT2D eigenvalue weighted by molar-refractivity contribution is 14.0. The second kappa shape index (κ2) is 12.0. The number of hydrogen-bond acceptors (Lipinski definition) is 4. The summed E-state index contributed by atoms with van der Waals surface area (Å²) in [7, 11) is 3.38. The summed E-state index contributed by atoms with van der Waals surface area (Å²) in [5.74, 6) is 2.39. The van der Waals surface area contributed by atoms with Crippen molar-refractivity contribution in [1.82, 2.24) is 15.6 Å². The third-order valence-electron chi connectivity index (χ3n) is 3.10. The molecule has 0 aliphatic heterocycles. The van der Waals surface area contributed by atoms with E-state index in [1.54, 1.807) is 20.4 Å². The zero-order valence-electron chi connectivity index (χ0n) is 13.9. The number of ether oxygens (including phenoxy) is 1. The number of halogens is 1. The highest BCUT2D eigenvalue weighted by Gasteiger charge is 2.00. The van der Waals surface area contributed by atoms with Crippen molar-refractivity contribution in [3.63, 3.8) is 0 Å². The Labute approximate surface area is 164 Å². The first-order valence-electron chi connectivity index (χ1n) is 7.43. The molecular weight excluding hydrogens is 435 g/mol. The predicted octanol–water partition coefficient (Wildman–Crippen LogP) is 3.17. The quantitative estimate of drug-likeness (QED) is 0.220. The van der Waals surface area contributed by atoms with Gasteiger partial charge < -0.3 is 15.4 Å². The lowest BCUT2D eigenvalue weighted by atomic mass is 10.3. The van der Waals surface area contributed by atoms with Crippen LogP contribution in [0.2, 0.25) is 0 Å². The van der Waals surface area contributed by atoms with Crippen LogP contribution >= 0.6 is 35.7 Å². The van der Waals surface area contributed by atoms with Crippen LogP contribution in [0.15, 0.2) is 58.5 Å². The summed E-state index contributed by atoms with van der Waals surface area (Å²) in [6.45, 7) is 1.52. The van der Waals surface area contributed by atoms with Gasteiger partial charge in [-0.3, -0.25) is 4.99 Å². The Morgan fingerprint density at radius 2 is 1.96 bits per heavy atom. The minimum Gasteiger partial charge on any atom is -0.481 e. The number of pyridine rings is 1. The first-order chi connectivity index (χ1) is 11.3. The lowest BCUT2D eigenvalue weighted by molar-refractivity contribution is 0.397. The molecule has 130 valence electrons. The molecule has 1 aromatic carbocycles. The van der Waals surface area contributed by atoms with Crippen LogP contribution < -0.4 is 15.4 Å². The molecule has 1 heterocycles. The van der Waals surface area contributed by atoms with Crippen molar-refractivity contribution in [3.8, 4) is 5.88 Å². The first kappa shape index (κ1) is 20.6. The van der Waals surface area contributed by atoms with E-state index in [0.29, 0.717) is 12.4 Å². The molecule has 0 bridgehead atoms. The van der Waals surface area contributed by atoms with Gasteiger partial charge in [-0.25, -0.2) is 4.98 Å². The minimum atomic E-state index is 0. The van der Waals surface area contributed by atoms with Crippen molar-refractivity contribution in [2.24, 2.45) is 4.99 Å². The van der Waals surface area contributed by atoms with E-state index in [0.717, 1.165) is 23.8 Å². The standard InChI is InChI=1S/C17H22N4OS.HI/c1-18-17(19-10-11-23-15-6-4-3-5-7-15)21-13-14-8-9-16(22-2)20-12-14;/h3-9,12H,10-11,13H2,1-2H3,(H2,18,19,21);1H. The summed E-state index contributed by atoms with van der Waals surface area (Å²) in [6.07, 6.45) is 1.80. The van der Waals surface area contributed by atoms with E-state index in [1.165, 1.54) is 4.90 Å². The van der Waals surface area contributed by atoms with Gasteiger partial charge in [0, 0.05) is 43.0 Å². The lowest BCUT2D eigenvalue weighted by Gasteiger charge is -2.12. The first-order valence-corrected chi connectivity index (χ1v) is 8.41. The number of guanidine groups is 1. The molecule has 24 heavy (non-hydrogen) atoms. The van der Waals surface area contributed by atoms with E-state index in [9.17, 15) is 0 Å². The fraction of sp³-hybridized carbons (Fsp3) is 0.294. The van der Waals surface area contributed by atoms with E-state index >= 15 is 0 Å². The summed E-state index contributed by atoms with van der Waals surface area (Å²) in [6, 6.07) is 14.2. The molecule has 2 aromatic rings. The van der Waals surface area contributed by atoms with Crippen LogP contribution in [0.25, 0.3) is 0 Å². The largest absolute Gasteiger partial charge is 0.481 e. The molecule has 0 aliphatic rings. The number of aliphatic imine (C=N–C) groups is 1. The lowest BCUT2D eigenvalue weighted by Crippen LogP contribution is -2.37. The van der Waals surface area contributed by atoms with Crippen molar-refractivity contribution in [2.75, 3.05) is 26.5 Å². The number of aromatic nitrogens is 1. The third-order valence-corrected chi connectivity index (χ3v) is 4.11. The minimum absolute atomic E-state index is 0. The highest BCUT2D eigenvalue weighted by Crippen LogP contribution is 2.15.